The van der Waals surface area contributed by atoms with E-state index in [2.05, 4.69) is 0 Å². The van der Waals surface area contributed by atoms with Crippen molar-refractivity contribution in [2.75, 3.05) is 0 Å². The Bertz CT molecular complexity index is 569. The first-order valence-electron chi connectivity index (χ1n) is 6.39. The molecule has 0 radical (unpaired) electrons. The number of benzene rings is 2. The van der Waals surface area contributed by atoms with Crippen LogP contribution in [0.2, 0.25) is 0 Å². The van der Waals surface area contributed by atoms with E-state index in [1.807, 2.05) is 36.4 Å². The number of nitrogens with two attached hydrogens (primary N) is 1. The average Bonchev–Trinajstić information content (AvgIpc) is 2.46. The van der Waals surface area contributed by atoms with Gasteiger partial charge in [-0.15, -0.1) is 0 Å². The van der Waals surface area contributed by atoms with Gasteiger partial charge in [0, 0.05) is 0 Å². The summed E-state index contributed by atoms with van der Waals surface area (Å²) in [5.41, 5.74) is 7.53. The number of rotatable bonds is 5. The summed E-state index contributed by atoms with van der Waals surface area (Å²) in [5.74, 6) is -0.287. The normalized spacial score (nSPS) is 11.8. The molecule has 0 aliphatic carbocycles. The topological polar surface area (TPSA) is 72.5 Å². The maximum atomic E-state index is 11.8. The van der Waals surface area contributed by atoms with Gasteiger partial charge in [0.1, 0.15) is 18.4 Å². The second-order valence-electron chi connectivity index (χ2n) is 4.57. The molecule has 1 atom stereocenters. The predicted molar refractivity (Wildman–Crippen MR) is 76.0 cm³/mol. The third-order valence-corrected chi connectivity index (χ3v) is 2.89. The second kappa shape index (κ2) is 6.73. The number of carbonyl (C=O) groups is 1. The van der Waals surface area contributed by atoms with E-state index in [0.717, 1.165) is 11.1 Å². The summed E-state index contributed by atoms with van der Waals surface area (Å²) in [4.78, 5) is 11.8. The summed E-state index contributed by atoms with van der Waals surface area (Å²) < 4.78 is 5.17. The molecule has 0 amide bonds. The number of hydrogen-bond donors (Lipinski definition) is 2. The van der Waals surface area contributed by atoms with Crippen molar-refractivity contribution in [2.24, 2.45) is 5.73 Å². The molecule has 2 rings (SSSR count). The van der Waals surface area contributed by atoms with Crippen molar-refractivity contribution in [1.82, 2.24) is 0 Å². The van der Waals surface area contributed by atoms with Gasteiger partial charge in [-0.1, -0.05) is 42.5 Å². The summed E-state index contributed by atoms with van der Waals surface area (Å²) in [5, 5.41) is 9.36. The molecule has 0 heterocycles. The first kappa shape index (κ1) is 14.1. The van der Waals surface area contributed by atoms with Crippen molar-refractivity contribution in [2.45, 2.75) is 19.1 Å². The standard InChI is InChI=1S/C16H17NO3/c17-15(10-13-7-4-8-14(18)9-13)16(19)20-11-12-5-2-1-3-6-12/h1-9,15,18H,10-11,17H2. The lowest BCUT2D eigenvalue weighted by Crippen LogP contribution is -2.34. The van der Waals surface area contributed by atoms with Crippen molar-refractivity contribution in [3.63, 3.8) is 0 Å². The Hall–Kier alpha value is -2.33. The van der Waals surface area contributed by atoms with E-state index in [9.17, 15) is 9.90 Å². The molecule has 0 aromatic heterocycles. The summed E-state index contributed by atoms with van der Waals surface area (Å²) >= 11 is 0. The number of ether oxygens (including phenoxy) is 1. The van der Waals surface area contributed by atoms with Gasteiger partial charge in [0.05, 0.1) is 0 Å². The van der Waals surface area contributed by atoms with Crippen molar-refractivity contribution in [1.29, 1.82) is 0 Å². The monoisotopic (exact) mass is 271 g/mol. The molecule has 0 aliphatic rings. The van der Waals surface area contributed by atoms with Gasteiger partial charge in [-0.2, -0.15) is 0 Å². The van der Waals surface area contributed by atoms with Gasteiger partial charge in [0.25, 0.3) is 0 Å². The van der Waals surface area contributed by atoms with E-state index in [0.29, 0.717) is 6.42 Å². The molecule has 4 nitrogen and oxygen atoms in total. The minimum atomic E-state index is -0.736. The smallest absolute Gasteiger partial charge is 0.323 e. The molecule has 104 valence electrons. The summed E-state index contributed by atoms with van der Waals surface area (Å²) in [6.07, 6.45) is 0.335. The van der Waals surface area contributed by atoms with Gasteiger partial charge in [-0.05, 0) is 29.7 Å². The largest absolute Gasteiger partial charge is 0.508 e. The van der Waals surface area contributed by atoms with Gasteiger partial charge in [-0.25, -0.2) is 0 Å². The van der Waals surface area contributed by atoms with Crippen LogP contribution in [-0.2, 0) is 22.6 Å². The molecule has 4 heteroatoms. The van der Waals surface area contributed by atoms with E-state index in [1.165, 1.54) is 0 Å². The van der Waals surface area contributed by atoms with Gasteiger partial charge in [0.15, 0.2) is 0 Å². The average molecular weight is 271 g/mol. The zero-order chi connectivity index (χ0) is 14.4. The van der Waals surface area contributed by atoms with Gasteiger partial charge < -0.3 is 15.6 Å². The van der Waals surface area contributed by atoms with E-state index >= 15 is 0 Å². The number of carbonyl (C=O) groups excluding carboxylic acids is 1. The third-order valence-electron chi connectivity index (χ3n) is 2.89. The van der Waals surface area contributed by atoms with Crippen LogP contribution >= 0.6 is 0 Å². The van der Waals surface area contributed by atoms with Gasteiger partial charge in [-0.3, -0.25) is 4.79 Å². The fourth-order valence-corrected chi connectivity index (χ4v) is 1.86. The molecule has 0 saturated carbocycles. The number of aromatic hydroxyl groups is 1. The van der Waals surface area contributed by atoms with E-state index in [4.69, 9.17) is 10.5 Å². The molecule has 0 bridgehead atoms. The van der Waals surface area contributed by atoms with Crippen LogP contribution in [0.3, 0.4) is 0 Å². The summed E-state index contributed by atoms with van der Waals surface area (Å²) in [6, 6.07) is 15.4. The van der Waals surface area contributed by atoms with Crippen LogP contribution in [-0.4, -0.2) is 17.1 Å². The highest BCUT2D eigenvalue weighted by atomic mass is 16.5. The fourth-order valence-electron chi connectivity index (χ4n) is 1.86. The number of hydrogen-bond acceptors (Lipinski definition) is 4. The maximum Gasteiger partial charge on any atom is 0.323 e. The highest BCUT2D eigenvalue weighted by molar-refractivity contribution is 5.75. The number of phenolic OH excluding ortho intramolecular Hbond substituents is 1. The summed E-state index contributed by atoms with van der Waals surface area (Å²) in [7, 11) is 0. The van der Waals surface area contributed by atoms with Crippen LogP contribution in [0.15, 0.2) is 54.6 Å². The molecule has 2 aromatic rings. The van der Waals surface area contributed by atoms with Crippen molar-refractivity contribution >= 4 is 5.97 Å². The van der Waals surface area contributed by atoms with E-state index in [-0.39, 0.29) is 12.4 Å². The Kier molecular flexibility index (Phi) is 4.74. The molecule has 2 aromatic carbocycles. The molecular formula is C16H17NO3. The van der Waals surface area contributed by atoms with Crippen molar-refractivity contribution in [3.05, 3.63) is 65.7 Å². The minimum absolute atomic E-state index is 0.160. The molecule has 0 fully saturated rings. The lowest BCUT2D eigenvalue weighted by atomic mass is 10.1. The van der Waals surface area contributed by atoms with Gasteiger partial charge >= 0.3 is 5.97 Å². The SMILES string of the molecule is NC(Cc1cccc(O)c1)C(=O)OCc1ccccc1. The molecule has 0 saturated heterocycles. The Labute approximate surface area is 117 Å². The molecule has 3 N–H and O–H groups in total. The first-order valence-corrected chi connectivity index (χ1v) is 6.39. The number of esters is 1. The zero-order valence-electron chi connectivity index (χ0n) is 11.0. The van der Waals surface area contributed by atoms with Crippen LogP contribution in [0.1, 0.15) is 11.1 Å². The summed E-state index contributed by atoms with van der Waals surface area (Å²) in [6.45, 7) is 0.216. The lowest BCUT2D eigenvalue weighted by Gasteiger charge is -2.12. The first-order chi connectivity index (χ1) is 9.65. The molecule has 20 heavy (non-hydrogen) atoms. The lowest BCUT2D eigenvalue weighted by molar-refractivity contribution is -0.146. The molecule has 1 unspecified atom stereocenters. The van der Waals surface area contributed by atoms with Crippen LogP contribution in [0.25, 0.3) is 0 Å². The Balaban J connectivity index is 1.86. The van der Waals surface area contributed by atoms with Crippen LogP contribution in [0, 0.1) is 0 Å². The van der Waals surface area contributed by atoms with Crippen LogP contribution in [0.5, 0.6) is 5.75 Å². The third kappa shape index (κ3) is 4.10. The quantitative estimate of drug-likeness (QED) is 0.816. The maximum absolute atomic E-state index is 11.8. The zero-order valence-corrected chi connectivity index (χ0v) is 11.0. The highest BCUT2D eigenvalue weighted by Crippen LogP contribution is 2.12. The van der Waals surface area contributed by atoms with E-state index in [1.54, 1.807) is 18.2 Å². The van der Waals surface area contributed by atoms with Crippen molar-refractivity contribution in [3.8, 4) is 5.75 Å². The van der Waals surface area contributed by atoms with Crippen LogP contribution < -0.4 is 5.73 Å². The van der Waals surface area contributed by atoms with E-state index < -0.39 is 12.0 Å². The molecule has 0 spiro atoms. The predicted octanol–water partition coefficient (Wildman–Crippen LogP) is 2.01. The molecule has 0 aliphatic heterocycles. The number of phenols is 1. The second-order valence-corrected chi connectivity index (χ2v) is 4.57. The Morgan fingerprint density at radius 2 is 1.80 bits per heavy atom. The molecular weight excluding hydrogens is 254 g/mol. The van der Waals surface area contributed by atoms with Crippen molar-refractivity contribution < 1.29 is 14.6 Å². The Morgan fingerprint density at radius 3 is 2.50 bits per heavy atom. The van der Waals surface area contributed by atoms with Crippen LogP contribution in [0.4, 0.5) is 0 Å². The fraction of sp³-hybridized carbons (Fsp3) is 0.188. The van der Waals surface area contributed by atoms with Gasteiger partial charge in [0.2, 0.25) is 0 Å². The highest BCUT2D eigenvalue weighted by Gasteiger charge is 2.15. The Morgan fingerprint density at radius 1 is 1.10 bits per heavy atom. The minimum Gasteiger partial charge on any atom is -0.508 e.